The second kappa shape index (κ2) is 10.8. The molecule has 1 saturated carbocycles. The summed E-state index contributed by atoms with van der Waals surface area (Å²) in [6, 6.07) is 25.5. The van der Waals surface area contributed by atoms with E-state index < -0.39 is 12.0 Å². The highest BCUT2D eigenvalue weighted by Crippen LogP contribution is 2.35. The summed E-state index contributed by atoms with van der Waals surface area (Å²) in [7, 11) is 0. The van der Waals surface area contributed by atoms with Crippen molar-refractivity contribution < 1.29 is 18.3 Å². The number of nitrogens with one attached hydrogen (secondary N) is 1. The van der Waals surface area contributed by atoms with Crippen molar-refractivity contribution in [1.29, 1.82) is 0 Å². The molecule has 0 radical (unpaired) electrons. The maximum absolute atomic E-state index is 15.4. The SMILES string of the molecule is O=CC(NSc1ccc2cc(OC3CCCC3)ccc2c1)C(F)(F)c1cccc(-c2ccccc2)c1. The van der Waals surface area contributed by atoms with Gasteiger partial charge in [0.2, 0.25) is 0 Å². The van der Waals surface area contributed by atoms with E-state index in [2.05, 4.69) is 4.72 Å². The summed E-state index contributed by atoms with van der Waals surface area (Å²) >= 11 is 1.03. The van der Waals surface area contributed by atoms with Crippen molar-refractivity contribution in [2.45, 2.75) is 48.6 Å². The van der Waals surface area contributed by atoms with Crippen molar-refractivity contribution in [3.63, 3.8) is 0 Å². The van der Waals surface area contributed by atoms with Gasteiger partial charge in [0, 0.05) is 10.5 Å². The molecule has 1 aliphatic carbocycles. The van der Waals surface area contributed by atoms with Gasteiger partial charge in [0.05, 0.1) is 6.10 Å². The minimum Gasteiger partial charge on any atom is -0.490 e. The van der Waals surface area contributed by atoms with E-state index in [0.29, 0.717) is 5.56 Å². The number of alkyl halides is 2. The number of rotatable bonds is 9. The average Bonchev–Trinajstić information content (AvgIpc) is 3.42. The number of ether oxygens (including phenoxy) is 1. The molecule has 4 aromatic rings. The second-order valence-corrected chi connectivity index (χ2v) is 10.0. The topological polar surface area (TPSA) is 38.3 Å². The molecular formula is C30H27F2NO2S. The fourth-order valence-electron chi connectivity index (χ4n) is 4.57. The number of fused-ring (bicyclic) bond motifs is 1. The van der Waals surface area contributed by atoms with Crippen LogP contribution in [0, 0.1) is 0 Å². The minimum absolute atomic E-state index is 0.206. The van der Waals surface area contributed by atoms with Crippen LogP contribution < -0.4 is 9.46 Å². The molecule has 0 amide bonds. The molecule has 1 fully saturated rings. The Morgan fingerprint density at radius 2 is 1.58 bits per heavy atom. The maximum Gasteiger partial charge on any atom is 0.295 e. The molecule has 4 aromatic carbocycles. The molecule has 5 rings (SSSR count). The molecule has 0 spiro atoms. The monoisotopic (exact) mass is 503 g/mol. The van der Waals surface area contributed by atoms with Crippen LogP contribution in [-0.2, 0) is 10.7 Å². The second-order valence-electron chi connectivity index (χ2n) is 9.10. The normalized spacial score (nSPS) is 15.2. The van der Waals surface area contributed by atoms with E-state index in [4.69, 9.17) is 4.74 Å². The number of benzene rings is 4. The third-order valence-electron chi connectivity index (χ3n) is 6.57. The van der Waals surface area contributed by atoms with Crippen LogP contribution in [0.4, 0.5) is 8.78 Å². The number of hydrogen-bond donors (Lipinski definition) is 1. The molecule has 1 N–H and O–H groups in total. The van der Waals surface area contributed by atoms with Gasteiger partial charge in [0.25, 0.3) is 5.92 Å². The largest absolute Gasteiger partial charge is 0.490 e. The number of halogens is 2. The molecule has 1 aliphatic rings. The molecule has 184 valence electrons. The smallest absolute Gasteiger partial charge is 0.295 e. The maximum atomic E-state index is 15.4. The van der Waals surface area contributed by atoms with Crippen LogP contribution >= 0.6 is 11.9 Å². The lowest BCUT2D eigenvalue weighted by molar-refractivity contribution is -0.119. The molecular weight excluding hydrogens is 476 g/mol. The predicted octanol–water partition coefficient (Wildman–Crippen LogP) is 7.78. The fourth-order valence-corrected chi connectivity index (χ4v) is 5.36. The average molecular weight is 504 g/mol. The summed E-state index contributed by atoms with van der Waals surface area (Å²) in [6.07, 6.45) is 5.18. The zero-order chi connectivity index (χ0) is 25.0. The first kappa shape index (κ1) is 24.5. The Morgan fingerprint density at radius 1 is 0.861 bits per heavy atom. The van der Waals surface area contributed by atoms with Crippen LogP contribution in [0.2, 0.25) is 0 Å². The van der Waals surface area contributed by atoms with Crippen molar-refractivity contribution >= 4 is 29.0 Å². The highest BCUT2D eigenvalue weighted by Gasteiger charge is 2.41. The molecule has 6 heteroatoms. The van der Waals surface area contributed by atoms with Crippen LogP contribution in [-0.4, -0.2) is 18.4 Å². The highest BCUT2D eigenvalue weighted by atomic mass is 32.2. The van der Waals surface area contributed by atoms with Gasteiger partial charge in [-0.1, -0.05) is 60.7 Å². The molecule has 1 atom stereocenters. The third kappa shape index (κ3) is 5.45. The van der Waals surface area contributed by atoms with Gasteiger partial charge >= 0.3 is 0 Å². The lowest BCUT2D eigenvalue weighted by atomic mass is 9.97. The number of hydrogen-bond acceptors (Lipinski definition) is 4. The number of carbonyl (C=O) groups excluding carboxylic acids is 1. The van der Waals surface area contributed by atoms with Crippen LogP contribution in [0.1, 0.15) is 31.2 Å². The highest BCUT2D eigenvalue weighted by molar-refractivity contribution is 7.97. The number of carbonyl (C=O) groups is 1. The first-order chi connectivity index (χ1) is 17.5. The van der Waals surface area contributed by atoms with Gasteiger partial charge in [-0.25, -0.2) is 4.72 Å². The quantitative estimate of drug-likeness (QED) is 0.187. The summed E-state index contributed by atoms with van der Waals surface area (Å²) in [4.78, 5) is 12.5. The summed E-state index contributed by atoms with van der Waals surface area (Å²) in [5.41, 5.74) is 1.31. The Hall–Kier alpha value is -3.22. The molecule has 0 bridgehead atoms. The molecule has 3 nitrogen and oxygen atoms in total. The molecule has 0 saturated heterocycles. The van der Waals surface area contributed by atoms with Crippen molar-refractivity contribution in [2.75, 3.05) is 0 Å². The molecule has 1 unspecified atom stereocenters. The summed E-state index contributed by atoms with van der Waals surface area (Å²) < 4.78 is 39.5. The van der Waals surface area contributed by atoms with Crippen molar-refractivity contribution in [2.24, 2.45) is 0 Å². The zero-order valence-electron chi connectivity index (χ0n) is 19.7. The standard InChI is InChI=1S/C30H27F2NO2S/c31-30(32,25-10-6-9-22(17-25)21-7-2-1-3-8-21)29(20-34)33-36-28-16-14-23-18-27(15-13-24(23)19-28)35-26-11-4-5-12-26/h1-3,6-10,13-20,26,29,33H,4-5,11-12H2. The molecule has 0 aromatic heterocycles. The van der Waals surface area contributed by atoms with Gasteiger partial charge in [-0.2, -0.15) is 8.78 Å². The van der Waals surface area contributed by atoms with Gasteiger partial charge in [0.15, 0.2) is 0 Å². The predicted molar refractivity (Wildman–Crippen MR) is 141 cm³/mol. The third-order valence-corrected chi connectivity index (χ3v) is 7.43. The minimum atomic E-state index is -3.39. The number of aldehydes is 1. The zero-order valence-corrected chi connectivity index (χ0v) is 20.5. The van der Waals surface area contributed by atoms with E-state index in [9.17, 15) is 4.79 Å². The first-order valence-corrected chi connectivity index (χ1v) is 13.0. The fraction of sp³-hybridized carbons (Fsp3) is 0.233. The van der Waals surface area contributed by atoms with E-state index >= 15 is 8.78 Å². The van der Waals surface area contributed by atoms with E-state index in [0.717, 1.165) is 51.8 Å². The Morgan fingerprint density at radius 3 is 2.36 bits per heavy atom. The molecule has 0 aliphatic heterocycles. The summed E-state index contributed by atoms with van der Waals surface area (Å²) in [5.74, 6) is -2.53. The lowest BCUT2D eigenvalue weighted by Gasteiger charge is -2.24. The molecule has 36 heavy (non-hydrogen) atoms. The van der Waals surface area contributed by atoms with Gasteiger partial charge < -0.3 is 9.53 Å². The van der Waals surface area contributed by atoms with Crippen molar-refractivity contribution in [1.82, 2.24) is 4.72 Å². The van der Waals surface area contributed by atoms with E-state index in [1.165, 1.54) is 25.0 Å². The van der Waals surface area contributed by atoms with Crippen LogP contribution in [0.3, 0.4) is 0 Å². The van der Waals surface area contributed by atoms with Crippen LogP contribution in [0.15, 0.2) is 95.9 Å². The van der Waals surface area contributed by atoms with Crippen LogP contribution in [0.25, 0.3) is 21.9 Å². The molecule has 0 heterocycles. The van der Waals surface area contributed by atoms with Gasteiger partial charge in [0.1, 0.15) is 18.1 Å². The lowest BCUT2D eigenvalue weighted by Crippen LogP contribution is -2.41. The summed E-state index contributed by atoms with van der Waals surface area (Å²) in [5, 5.41) is 2.00. The van der Waals surface area contributed by atoms with Crippen molar-refractivity contribution in [3.8, 4) is 16.9 Å². The Kier molecular flexibility index (Phi) is 7.35. The van der Waals surface area contributed by atoms with Gasteiger partial charge in [-0.15, -0.1) is 0 Å². The van der Waals surface area contributed by atoms with E-state index in [1.54, 1.807) is 12.1 Å². The summed E-state index contributed by atoms with van der Waals surface area (Å²) in [6.45, 7) is 0. The van der Waals surface area contributed by atoms with E-state index in [-0.39, 0.29) is 18.0 Å². The van der Waals surface area contributed by atoms with Crippen molar-refractivity contribution in [3.05, 3.63) is 96.6 Å². The Bertz CT molecular complexity index is 1340. The van der Waals surface area contributed by atoms with Gasteiger partial charge in [-0.3, -0.25) is 0 Å². The van der Waals surface area contributed by atoms with Crippen LogP contribution in [0.5, 0.6) is 5.75 Å². The van der Waals surface area contributed by atoms with E-state index in [1.807, 2.05) is 66.7 Å². The Balaban J connectivity index is 1.29. The van der Waals surface area contributed by atoms with Gasteiger partial charge in [-0.05, 0) is 89.9 Å². The first-order valence-electron chi connectivity index (χ1n) is 12.1. The Labute approximate surface area is 214 Å².